The number of hydrogen-bond donors (Lipinski definition) is 3. The number of ether oxygens (including phenoxy) is 3. The van der Waals surface area contributed by atoms with Crippen molar-refractivity contribution in [3.63, 3.8) is 0 Å². The zero-order chi connectivity index (χ0) is 35.9. The summed E-state index contributed by atoms with van der Waals surface area (Å²) in [5.41, 5.74) is 5.36. The van der Waals surface area contributed by atoms with Gasteiger partial charge in [-0.3, -0.25) is 4.98 Å². The van der Waals surface area contributed by atoms with Crippen LogP contribution in [-0.4, -0.2) is 63.6 Å². The molecule has 0 radical (unpaired) electrons. The summed E-state index contributed by atoms with van der Waals surface area (Å²) < 4.78 is 17.5. The molecule has 7 unspecified atom stereocenters. The Bertz CT molecular complexity index is 1100. The maximum atomic E-state index is 6.03. The van der Waals surface area contributed by atoms with E-state index in [0.29, 0.717) is 24.1 Å². The summed E-state index contributed by atoms with van der Waals surface area (Å²) in [6, 6.07) is 17.8. The lowest BCUT2D eigenvalue weighted by atomic mass is 9.77. The van der Waals surface area contributed by atoms with Crippen LogP contribution in [0.15, 0.2) is 66.0 Å². The van der Waals surface area contributed by atoms with Gasteiger partial charge in [0.1, 0.15) is 6.10 Å². The Balaban J connectivity index is 0.000000335. The fourth-order valence-corrected chi connectivity index (χ4v) is 7.78. The average Bonchev–Trinajstić information content (AvgIpc) is 3.20. The maximum absolute atomic E-state index is 6.03. The Morgan fingerprint density at radius 1 is 0.633 bits per heavy atom. The highest BCUT2D eigenvalue weighted by atomic mass is 16.5. The van der Waals surface area contributed by atoms with Gasteiger partial charge in [-0.25, -0.2) is 0 Å². The highest BCUT2D eigenvalue weighted by Gasteiger charge is 2.37. The van der Waals surface area contributed by atoms with Crippen LogP contribution in [0, 0.1) is 5.92 Å². The molecule has 1 aliphatic carbocycles. The molecule has 1 aromatic carbocycles. The van der Waals surface area contributed by atoms with Crippen molar-refractivity contribution in [3.8, 4) is 0 Å². The predicted octanol–water partition coefficient (Wildman–Crippen LogP) is 9.33. The molecule has 7 atom stereocenters. The average molecular weight is 681 g/mol. The van der Waals surface area contributed by atoms with E-state index in [1.807, 2.05) is 73.0 Å². The molecule has 0 bridgehead atoms. The van der Waals surface area contributed by atoms with Gasteiger partial charge in [0.15, 0.2) is 0 Å². The number of piperidine rings is 2. The van der Waals surface area contributed by atoms with E-state index in [2.05, 4.69) is 51.3 Å². The van der Waals surface area contributed by atoms with E-state index in [0.717, 1.165) is 31.6 Å². The SMILES string of the molecule is CC.CC.CC.COC(c1ccccc1)C1CCCCN1.COC(c1ccccn1)C1CCC2=C(CC(C(OC)C3CCCCN3)CC2)N1. The molecule has 0 saturated carbocycles. The molecule has 4 aliphatic rings. The zero-order valence-corrected chi connectivity index (χ0v) is 32.6. The minimum absolute atomic E-state index is 0.00569. The van der Waals surface area contributed by atoms with Crippen molar-refractivity contribution in [1.29, 1.82) is 0 Å². The smallest absolute Gasteiger partial charge is 0.119 e. The molecule has 2 fully saturated rings. The summed E-state index contributed by atoms with van der Waals surface area (Å²) in [4.78, 5) is 4.54. The van der Waals surface area contributed by atoms with Gasteiger partial charge in [-0.05, 0) is 94.5 Å². The molecule has 4 heterocycles. The Labute approximate surface area is 300 Å². The number of nitrogens with one attached hydrogen (secondary N) is 3. The molecule has 1 aromatic heterocycles. The van der Waals surface area contributed by atoms with Gasteiger partial charge in [0, 0.05) is 45.3 Å². The van der Waals surface area contributed by atoms with Crippen molar-refractivity contribution in [2.75, 3.05) is 34.4 Å². The third kappa shape index (κ3) is 13.1. The van der Waals surface area contributed by atoms with Crippen LogP contribution in [0.2, 0.25) is 0 Å². The lowest BCUT2D eigenvalue weighted by Gasteiger charge is -2.42. The van der Waals surface area contributed by atoms with E-state index < -0.39 is 0 Å². The van der Waals surface area contributed by atoms with E-state index in [4.69, 9.17) is 14.2 Å². The molecule has 7 heteroatoms. The molecule has 49 heavy (non-hydrogen) atoms. The van der Waals surface area contributed by atoms with Crippen LogP contribution in [0.5, 0.6) is 0 Å². The molecule has 0 spiro atoms. The number of hydrogen-bond acceptors (Lipinski definition) is 7. The van der Waals surface area contributed by atoms with Gasteiger partial charge in [-0.2, -0.15) is 0 Å². The van der Waals surface area contributed by atoms with Gasteiger partial charge in [0.05, 0.1) is 23.9 Å². The van der Waals surface area contributed by atoms with E-state index in [-0.39, 0.29) is 18.2 Å². The number of aromatic nitrogens is 1. The second kappa shape index (κ2) is 25.6. The molecule has 7 nitrogen and oxygen atoms in total. The van der Waals surface area contributed by atoms with E-state index in [1.165, 1.54) is 69.0 Å². The lowest BCUT2D eigenvalue weighted by Crippen LogP contribution is -2.49. The minimum atomic E-state index is -0.00569. The zero-order valence-electron chi connectivity index (χ0n) is 32.6. The Morgan fingerprint density at radius 2 is 1.24 bits per heavy atom. The van der Waals surface area contributed by atoms with Crippen molar-refractivity contribution in [2.24, 2.45) is 5.92 Å². The van der Waals surface area contributed by atoms with Gasteiger partial charge >= 0.3 is 0 Å². The summed E-state index contributed by atoms with van der Waals surface area (Å²) in [5.74, 6) is 0.585. The minimum Gasteiger partial charge on any atom is -0.383 e. The normalized spacial score (nSPS) is 24.9. The largest absolute Gasteiger partial charge is 0.383 e. The molecule has 3 aliphatic heterocycles. The first-order valence-corrected chi connectivity index (χ1v) is 19.7. The second-order valence-corrected chi connectivity index (χ2v) is 12.7. The highest BCUT2D eigenvalue weighted by Crippen LogP contribution is 2.39. The number of rotatable bonds is 9. The quantitative estimate of drug-likeness (QED) is 0.244. The summed E-state index contributed by atoms with van der Waals surface area (Å²) in [6.45, 7) is 14.3. The van der Waals surface area contributed by atoms with Crippen molar-refractivity contribution in [2.45, 2.75) is 149 Å². The van der Waals surface area contributed by atoms with E-state index in [9.17, 15) is 0 Å². The van der Waals surface area contributed by atoms with Crippen LogP contribution < -0.4 is 16.0 Å². The number of pyridine rings is 1. The van der Waals surface area contributed by atoms with Crippen molar-refractivity contribution in [3.05, 3.63) is 77.3 Å². The summed E-state index contributed by atoms with van der Waals surface area (Å²) in [6.07, 6.45) is 15.9. The first-order valence-electron chi connectivity index (χ1n) is 19.7. The topological polar surface area (TPSA) is 76.7 Å². The number of allylic oxidation sites excluding steroid dienone is 2. The summed E-state index contributed by atoms with van der Waals surface area (Å²) in [5, 5.41) is 11.1. The Kier molecular flexibility index (Phi) is 22.4. The first-order chi connectivity index (χ1) is 24.2. The van der Waals surface area contributed by atoms with Gasteiger partial charge in [0.25, 0.3) is 0 Å². The lowest BCUT2D eigenvalue weighted by molar-refractivity contribution is 0.00668. The van der Waals surface area contributed by atoms with Crippen molar-refractivity contribution in [1.82, 2.24) is 20.9 Å². The standard InChI is InChI=1S/C23H35N3O2.C13H19NO.3C2H6/c1-27-22(18-7-3-5-13-24-18)17-10-9-16-11-12-20(26-21(16)15-17)23(28-2)19-8-4-6-14-25-19;1-15-13(11-7-3-2-4-8-11)12-9-5-6-10-14-12;3*1-2/h4,6,8,14,17-18,20,22-24,26H,3,5,7,9-13,15H2,1-2H3;2-4,7-8,12-14H,5-6,9-10H2,1H3;3*1-2H3. The number of benzene rings is 1. The molecule has 6 rings (SSSR count). The molecular weight excluding hydrogens is 608 g/mol. The molecule has 3 N–H and O–H groups in total. The fourth-order valence-electron chi connectivity index (χ4n) is 7.78. The number of methoxy groups -OCH3 is 3. The third-order valence-corrected chi connectivity index (χ3v) is 10.0. The highest BCUT2D eigenvalue weighted by molar-refractivity contribution is 5.23. The molecular formula is C42H72N4O3. The van der Waals surface area contributed by atoms with Crippen molar-refractivity contribution >= 4 is 0 Å². The van der Waals surface area contributed by atoms with Gasteiger partial charge in [-0.1, -0.05) is 96.4 Å². The van der Waals surface area contributed by atoms with Crippen LogP contribution in [0.1, 0.15) is 136 Å². The van der Waals surface area contributed by atoms with Gasteiger partial charge < -0.3 is 30.2 Å². The molecule has 2 saturated heterocycles. The molecule has 2 aromatic rings. The van der Waals surface area contributed by atoms with E-state index in [1.54, 1.807) is 19.8 Å². The van der Waals surface area contributed by atoms with Crippen LogP contribution in [0.3, 0.4) is 0 Å². The fraction of sp³-hybridized carbons (Fsp3) is 0.690. The second-order valence-electron chi connectivity index (χ2n) is 12.7. The van der Waals surface area contributed by atoms with E-state index >= 15 is 0 Å². The Hall–Kier alpha value is -2.29. The monoisotopic (exact) mass is 681 g/mol. The third-order valence-electron chi connectivity index (χ3n) is 10.0. The van der Waals surface area contributed by atoms with Crippen molar-refractivity contribution < 1.29 is 14.2 Å². The first kappa shape index (κ1) is 42.9. The van der Waals surface area contributed by atoms with Crippen LogP contribution in [-0.2, 0) is 14.2 Å². The van der Waals surface area contributed by atoms with Crippen LogP contribution in [0.4, 0.5) is 0 Å². The molecule has 0 amide bonds. The van der Waals surface area contributed by atoms with Crippen LogP contribution in [0.25, 0.3) is 0 Å². The summed E-state index contributed by atoms with van der Waals surface area (Å²) >= 11 is 0. The summed E-state index contributed by atoms with van der Waals surface area (Å²) in [7, 11) is 5.49. The molecule has 278 valence electrons. The Morgan fingerprint density at radius 3 is 1.80 bits per heavy atom. The predicted molar refractivity (Wildman–Crippen MR) is 207 cm³/mol. The van der Waals surface area contributed by atoms with Gasteiger partial charge in [0.2, 0.25) is 0 Å². The maximum Gasteiger partial charge on any atom is 0.119 e. The number of nitrogens with zero attached hydrogens (tertiary/aromatic N) is 1. The van der Waals surface area contributed by atoms with Crippen LogP contribution >= 0.6 is 0 Å². The van der Waals surface area contributed by atoms with Gasteiger partial charge in [-0.15, -0.1) is 0 Å².